The maximum atomic E-state index is 12.4. The number of ether oxygens (including phenoxy) is 1. The van der Waals surface area contributed by atoms with Crippen LogP contribution < -0.4 is 0 Å². The van der Waals surface area contributed by atoms with Gasteiger partial charge < -0.3 is 19.6 Å². The maximum absolute atomic E-state index is 12.4. The quantitative estimate of drug-likeness (QED) is 0.812. The fraction of sp³-hybridized carbons (Fsp3) is 0.647. The Kier molecular flexibility index (Phi) is 7.63. The van der Waals surface area contributed by atoms with Crippen LogP contribution in [0.4, 0.5) is 13.2 Å². The number of halogens is 3. The third-order valence-electron chi connectivity index (χ3n) is 4.55. The highest BCUT2D eigenvalue weighted by Crippen LogP contribution is 2.24. The van der Waals surface area contributed by atoms with Gasteiger partial charge >= 0.3 is 12.1 Å². The predicted molar refractivity (Wildman–Crippen MR) is 93.6 cm³/mol. The Morgan fingerprint density at radius 1 is 1.33 bits per heavy atom. The molecule has 2 atom stereocenters. The highest BCUT2D eigenvalue weighted by atomic mass is 32.1. The van der Waals surface area contributed by atoms with Gasteiger partial charge in [0.25, 0.3) is 0 Å². The van der Waals surface area contributed by atoms with Crippen LogP contribution in [0.5, 0.6) is 0 Å². The monoisotopic (exact) mass is 408 g/mol. The first-order valence-electron chi connectivity index (χ1n) is 8.57. The average molecular weight is 408 g/mol. The highest BCUT2D eigenvalue weighted by Gasteiger charge is 2.38. The summed E-state index contributed by atoms with van der Waals surface area (Å²) in [5, 5.41) is 9.15. The molecular formula is C17H23F3N2O4S. The van der Waals surface area contributed by atoms with Gasteiger partial charge in [-0.2, -0.15) is 13.2 Å². The van der Waals surface area contributed by atoms with Crippen molar-refractivity contribution < 1.29 is 32.6 Å². The van der Waals surface area contributed by atoms with E-state index in [9.17, 15) is 18.0 Å². The van der Waals surface area contributed by atoms with E-state index in [2.05, 4.69) is 11.9 Å². The summed E-state index contributed by atoms with van der Waals surface area (Å²) in [6, 6.07) is 4.04. The van der Waals surface area contributed by atoms with Crippen LogP contribution in [-0.4, -0.2) is 78.9 Å². The van der Waals surface area contributed by atoms with Gasteiger partial charge in [-0.15, -0.1) is 11.3 Å². The SMILES string of the molecule is CN1CCO[C@@H]2CN(C(=O)Cc3cccs3)CC[C@@H]2C1.O=C(O)C(F)(F)F. The summed E-state index contributed by atoms with van der Waals surface area (Å²) in [4.78, 5) is 26.7. The number of hydrogen-bond donors (Lipinski definition) is 1. The number of carbonyl (C=O) groups excluding carboxylic acids is 1. The maximum Gasteiger partial charge on any atom is 0.490 e. The van der Waals surface area contributed by atoms with Crippen molar-refractivity contribution in [2.45, 2.75) is 25.1 Å². The van der Waals surface area contributed by atoms with E-state index in [-0.39, 0.29) is 12.0 Å². The largest absolute Gasteiger partial charge is 0.490 e. The van der Waals surface area contributed by atoms with Crippen LogP contribution >= 0.6 is 11.3 Å². The van der Waals surface area contributed by atoms with Crippen molar-refractivity contribution in [2.24, 2.45) is 5.92 Å². The van der Waals surface area contributed by atoms with E-state index in [0.29, 0.717) is 12.3 Å². The zero-order chi connectivity index (χ0) is 20.0. The molecule has 0 bridgehead atoms. The van der Waals surface area contributed by atoms with Gasteiger partial charge in [0, 0.05) is 37.0 Å². The van der Waals surface area contributed by atoms with Crippen molar-refractivity contribution >= 4 is 23.2 Å². The molecule has 10 heteroatoms. The van der Waals surface area contributed by atoms with Crippen LogP contribution in [0.15, 0.2) is 17.5 Å². The van der Waals surface area contributed by atoms with E-state index in [1.54, 1.807) is 11.3 Å². The van der Waals surface area contributed by atoms with Crippen LogP contribution in [0, 0.1) is 5.92 Å². The van der Waals surface area contributed by atoms with Gasteiger partial charge in [0.15, 0.2) is 0 Å². The van der Waals surface area contributed by atoms with E-state index < -0.39 is 12.1 Å². The Bertz CT molecular complexity index is 624. The van der Waals surface area contributed by atoms with Crippen molar-refractivity contribution in [3.63, 3.8) is 0 Å². The number of alkyl halides is 3. The second kappa shape index (κ2) is 9.52. The van der Waals surface area contributed by atoms with Gasteiger partial charge in [-0.1, -0.05) is 6.07 Å². The van der Waals surface area contributed by atoms with Crippen molar-refractivity contribution in [3.05, 3.63) is 22.4 Å². The molecule has 3 rings (SSSR count). The molecule has 6 nitrogen and oxygen atoms in total. The highest BCUT2D eigenvalue weighted by molar-refractivity contribution is 7.10. The molecule has 0 radical (unpaired) electrons. The van der Waals surface area contributed by atoms with Crippen molar-refractivity contribution in [1.29, 1.82) is 0 Å². The zero-order valence-corrected chi connectivity index (χ0v) is 15.8. The number of carboxylic acids is 1. The van der Waals surface area contributed by atoms with Crippen LogP contribution in [0.1, 0.15) is 11.3 Å². The lowest BCUT2D eigenvalue weighted by Gasteiger charge is -2.37. The molecule has 3 heterocycles. The van der Waals surface area contributed by atoms with Gasteiger partial charge in [-0.3, -0.25) is 4.79 Å². The van der Waals surface area contributed by atoms with Gasteiger partial charge in [0.2, 0.25) is 5.91 Å². The number of piperidine rings is 1. The molecule has 1 amide bonds. The summed E-state index contributed by atoms with van der Waals surface area (Å²) >= 11 is 1.66. The molecular weight excluding hydrogens is 385 g/mol. The molecule has 0 spiro atoms. The molecule has 2 aliphatic rings. The van der Waals surface area contributed by atoms with Crippen LogP contribution in [0.2, 0.25) is 0 Å². The molecule has 0 aliphatic carbocycles. The summed E-state index contributed by atoms with van der Waals surface area (Å²) in [5.74, 6) is -1.94. The lowest BCUT2D eigenvalue weighted by molar-refractivity contribution is -0.192. The van der Waals surface area contributed by atoms with Gasteiger partial charge in [0.05, 0.1) is 19.1 Å². The summed E-state index contributed by atoms with van der Waals surface area (Å²) in [5.41, 5.74) is 0. The molecule has 0 saturated carbocycles. The fourth-order valence-electron chi connectivity index (χ4n) is 3.11. The molecule has 2 aliphatic heterocycles. The Balaban J connectivity index is 0.000000321. The number of nitrogens with zero attached hydrogens (tertiary/aromatic N) is 2. The smallest absolute Gasteiger partial charge is 0.475 e. The molecule has 2 saturated heterocycles. The minimum atomic E-state index is -5.08. The number of amides is 1. The number of likely N-dealkylation sites (N-methyl/N-ethyl adjacent to an activating group) is 1. The third kappa shape index (κ3) is 6.78. The molecule has 1 N–H and O–H groups in total. The zero-order valence-electron chi connectivity index (χ0n) is 14.9. The molecule has 27 heavy (non-hydrogen) atoms. The molecule has 2 fully saturated rings. The van der Waals surface area contributed by atoms with Gasteiger partial charge in [-0.25, -0.2) is 4.79 Å². The Hall–Kier alpha value is -1.65. The number of likely N-dealkylation sites (tertiary alicyclic amines) is 1. The van der Waals surface area contributed by atoms with E-state index in [1.165, 1.54) is 0 Å². The summed E-state index contributed by atoms with van der Waals surface area (Å²) in [6.07, 6.45) is -3.26. The molecule has 152 valence electrons. The fourth-order valence-corrected chi connectivity index (χ4v) is 3.81. The molecule has 1 aromatic heterocycles. The van der Waals surface area contributed by atoms with E-state index >= 15 is 0 Å². The number of carbonyl (C=O) groups is 2. The van der Waals surface area contributed by atoms with Gasteiger partial charge in [0.1, 0.15) is 0 Å². The minimum Gasteiger partial charge on any atom is -0.475 e. The predicted octanol–water partition coefficient (Wildman–Crippen LogP) is 2.10. The number of carboxylic acid groups (broad SMARTS) is 1. The van der Waals surface area contributed by atoms with E-state index in [0.717, 1.165) is 44.1 Å². The lowest BCUT2D eigenvalue weighted by atomic mass is 9.93. The second-order valence-corrected chi connectivity index (χ2v) is 7.65. The van der Waals surface area contributed by atoms with Gasteiger partial charge in [-0.05, 0) is 24.9 Å². The first kappa shape index (κ1) is 21.6. The Labute approximate surface area is 159 Å². The van der Waals surface area contributed by atoms with Crippen molar-refractivity contribution in [1.82, 2.24) is 9.80 Å². The Morgan fingerprint density at radius 3 is 2.63 bits per heavy atom. The number of aliphatic carboxylic acids is 1. The summed E-state index contributed by atoms with van der Waals surface area (Å²) < 4.78 is 37.7. The lowest BCUT2D eigenvalue weighted by Crippen LogP contribution is -2.49. The first-order chi connectivity index (χ1) is 12.7. The molecule has 1 aromatic rings. The average Bonchev–Trinajstić information content (AvgIpc) is 3.01. The van der Waals surface area contributed by atoms with Crippen molar-refractivity contribution in [2.75, 3.05) is 39.8 Å². The summed E-state index contributed by atoms with van der Waals surface area (Å²) in [6.45, 7) is 4.52. The number of fused-ring (bicyclic) bond motifs is 1. The third-order valence-corrected chi connectivity index (χ3v) is 5.42. The number of rotatable bonds is 2. The second-order valence-electron chi connectivity index (χ2n) is 6.62. The molecule has 0 unspecified atom stereocenters. The van der Waals surface area contributed by atoms with E-state index in [1.807, 2.05) is 22.4 Å². The number of thiophene rings is 1. The van der Waals surface area contributed by atoms with Crippen LogP contribution in [0.25, 0.3) is 0 Å². The first-order valence-corrected chi connectivity index (χ1v) is 9.45. The normalized spacial score (nSPS) is 23.6. The topological polar surface area (TPSA) is 70.1 Å². The summed E-state index contributed by atoms with van der Waals surface area (Å²) in [7, 11) is 2.15. The Morgan fingerprint density at radius 2 is 2.04 bits per heavy atom. The van der Waals surface area contributed by atoms with Crippen LogP contribution in [-0.2, 0) is 20.7 Å². The minimum absolute atomic E-state index is 0.223. The molecule has 0 aromatic carbocycles. The standard InChI is InChI=1S/C15H22N2O2S.C2HF3O2/c1-16-6-7-19-14-11-17(5-4-12(14)10-16)15(18)9-13-3-2-8-20-13;3-2(4,5)1(6)7/h2-3,8,12,14H,4-7,9-11H2,1H3;(H,6,7)/t12-,14-;/m1./s1. The van der Waals surface area contributed by atoms with E-state index in [4.69, 9.17) is 14.6 Å². The van der Waals surface area contributed by atoms with Crippen molar-refractivity contribution in [3.8, 4) is 0 Å². The number of hydrogen-bond acceptors (Lipinski definition) is 5. The van der Waals surface area contributed by atoms with Crippen LogP contribution in [0.3, 0.4) is 0 Å².